The normalized spacial score (nSPS) is 11.7. The molecule has 4 aromatic carbocycles. The van der Waals surface area contributed by atoms with Crippen LogP contribution >= 0.6 is 11.3 Å². The Kier molecular flexibility index (Phi) is 8.16. The van der Waals surface area contributed by atoms with Gasteiger partial charge in [0.05, 0.1) is 17.4 Å². The van der Waals surface area contributed by atoms with Crippen molar-refractivity contribution in [2.45, 2.75) is 39.7 Å². The van der Waals surface area contributed by atoms with Gasteiger partial charge in [-0.1, -0.05) is 97.8 Å². The van der Waals surface area contributed by atoms with E-state index < -0.39 is 15.1 Å². The Bertz CT molecular complexity index is 2170. The molecule has 6 aromatic rings. The molecular weight excluding hydrogens is 591 g/mol. The Hall–Kier alpha value is -4.60. The Morgan fingerprint density at radius 2 is 1.64 bits per heavy atom. The molecule has 7 nitrogen and oxygen atoms in total. The van der Waals surface area contributed by atoms with Crippen LogP contribution in [0.2, 0.25) is 0 Å². The van der Waals surface area contributed by atoms with Crippen molar-refractivity contribution in [1.29, 1.82) is 0 Å². The first kappa shape index (κ1) is 29.5. The standard InChI is InChI=1S/C35H31N3O4S2/c1-3-4-14-31-36-29-20-15-23(2)21-28(29)34(39)38(31)22-24-16-18-25(19-17-24)32-27-12-8-9-13-30(27)43-33(32)37-44(41,42)35(40)26-10-6-5-7-11-26/h5-13,15-21,37H,3-4,14,22H2,1-2H3. The number of fused-ring (bicyclic) bond motifs is 2. The Morgan fingerprint density at radius 1 is 0.909 bits per heavy atom. The van der Waals surface area contributed by atoms with Gasteiger partial charge in [0.2, 0.25) is 0 Å². The number of nitrogens with one attached hydrogen (secondary N) is 1. The molecule has 0 saturated carbocycles. The van der Waals surface area contributed by atoms with Crippen LogP contribution in [0, 0.1) is 6.92 Å². The number of thiophene rings is 1. The SMILES string of the molecule is CCCCc1nc2ccc(C)cc2c(=O)n1Cc1ccc(-c2c(NS(=O)(=O)C(=O)c3ccccc3)sc3ccccc23)cc1. The number of anilines is 1. The van der Waals surface area contributed by atoms with Gasteiger partial charge in [-0.2, -0.15) is 8.42 Å². The summed E-state index contributed by atoms with van der Waals surface area (Å²) in [5, 5.41) is 0.867. The number of rotatable bonds is 9. The zero-order chi connectivity index (χ0) is 30.8. The first-order valence-electron chi connectivity index (χ1n) is 14.5. The Morgan fingerprint density at radius 3 is 2.39 bits per heavy atom. The van der Waals surface area contributed by atoms with E-state index in [1.807, 2.05) is 73.7 Å². The molecule has 0 amide bonds. The lowest BCUT2D eigenvalue weighted by atomic mass is 10.0. The van der Waals surface area contributed by atoms with E-state index in [4.69, 9.17) is 4.98 Å². The third-order valence-corrected chi connectivity index (χ3v) is 10.0. The summed E-state index contributed by atoms with van der Waals surface area (Å²) in [6.07, 6.45) is 2.63. The van der Waals surface area contributed by atoms with Crippen molar-refractivity contribution >= 4 is 52.5 Å². The maximum Gasteiger partial charge on any atom is 0.301 e. The van der Waals surface area contributed by atoms with Crippen molar-refractivity contribution in [3.63, 3.8) is 0 Å². The fourth-order valence-electron chi connectivity index (χ4n) is 5.33. The molecule has 9 heteroatoms. The van der Waals surface area contributed by atoms with Crippen LogP contribution < -0.4 is 10.3 Å². The van der Waals surface area contributed by atoms with Crippen molar-refractivity contribution in [1.82, 2.24) is 9.55 Å². The first-order valence-corrected chi connectivity index (χ1v) is 16.8. The van der Waals surface area contributed by atoms with Crippen molar-refractivity contribution in [3.8, 4) is 11.1 Å². The molecule has 0 aliphatic carbocycles. The van der Waals surface area contributed by atoms with Crippen LogP contribution in [0.25, 0.3) is 32.1 Å². The molecule has 0 radical (unpaired) electrons. The lowest BCUT2D eigenvalue weighted by Gasteiger charge is -2.14. The van der Waals surface area contributed by atoms with Gasteiger partial charge in [-0.3, -0.25) is 18.9 Å². The molecule has 0 atom stereocenters. The van der Waals surface area contributed by atoms with E-state index in [1.165, 1.54) is 23.5 Å². The third kappa shape index (κ3) is 5.80. The number of unbranched alkanes of at least 4 members (excludes halogenated alkanes) is 1. The number of nitrogens with zero attached hydrogens (tertiary/aromatic N) is 2. The van der Waals surface area contributed by atoms with Gasteiger partial charge >= 0.3 is 10.0 Å². The number of sulfonamides is 1. The predicted molar refractivity (Wildman–Crippen MR) is 179 cm³/mol. The number of benzene rings is 4. The minimum Gasteiger partial charge on any atom is -0.292 e. The van der Waals surface area contributed by atoms with E-state index in [1.54, 1.807) is 22.8 Å². The fraction of sp³-hybridized carbons (Fsp3) is 0.171. The van der Waals surface area contributed by atoms with Gasteiger partial charge in [-0.05, 0) is 42.7 Å². The van der Waals surface area contributed by atoms with Gasteiger partial charge in [0.15, 0.2) is 0 Å². The summed E-state index contributed by atoms with van der Waals surface area (Å²) >= 11 is 1.28. The van der Waals surface area contributed by atoms with Gasteiger partial charge in [0.25, 0.3) is 10.7 Å². The van der Waals surface area contributed by atoms with Crippen LogP contribution in [0.5, 0.6) is 0 Å². The summed E-state index contributed by atoms with van der Waals surface area (Å²) in [7, 11) is -4.36. The number of carbonyl (C=O) groups is 1. The molecule has 222 valence electrons. The van der Waals surface area contributed by atoms with Crippen LogP contribution in [0.1, 0.15) is 47.1 Å². The number of aromatic nitrogens is 2. The van der Waals surface area contributed by atoms with Gasteiger partial charge in [-0.15, -0.1) is 11.3 Å². The fourth-order valence-corrected chi connectivity index (χ4v) is 7.69. The predicted octanol–water partition coefficient (Wildman–Crippen LogP) is 7.56. The zero-order valence-electron chi connectivity index (χ0n) is 24.4. The summed E-state index contributed by atoms with van der Waals surface area (Å²) in [4.78, 5) is 31.4. The van der Waals surface area contributed by atoms with E-state index in [-0.39, 0.29) is 11.1 Å². The van der Waals surface area contributed by atoms with Crippen molar-refractivity contribution in [2.24, 2.45) is 0 Å². The minimum absolute atomic E-state index is 0.0579. The molecule has 44 heavy (non-hydrogen) atoms. The first-order chi connectivity index (χ1) is 21.2. The molecule has 6 rings (SSSR count). The van der Waals surface area contributed by atoms with E-state index >= 15 is 0 Å². The van der Waals surface area contributed by atoms with Crippen LogP contribution in [0.4, 0.5) is 5.00 Å². The van der Waals surface area contributed by atoms with E-state index in [9.17, 15) is 18.0 Å². The summed E-state index contributed by atoms with van der Waals surface area (Å²) in [6.45, 7) is 4.45. The van der Waals surface area contributed by atoms with Crippen molar-refractivity contribution < 1.29 is 13.2 Å². The average molecular weight is 622 g/mol. The third-order valence-electron chi connectivity index (χ3n) is 7.60. The number of hydrogen-bond acceptors (Lipinski definition) is 6. The summed E-state index contributed by atoms with van der Waals surface area (Å²) in [5.41, 5.74) is 4.17. The van der Waals surface area contributed by atoms with Crippen LogP contribution in [-0.4, -0.2) is 23.1 Å². The molecule has 2 aromatic heterocycles. The van der Waals surface area contributed by atoms with Crippen molar-refractivity contribution in [2.75, 3.05) is 4.72 Å². The molecule has 0 aliphatic rings. The van der Waals surface area contributed by atoms with E-state index in [0.717, 1.165) is 45.4 Å². The second-order valence-electron chi connectivity index (χ2n) is 10.8. The van der Waals surface area contributed by atoms with Gasteiger partial charge in [0, 0.05) is 27.6 Å². The van der Waals surface area contributed by atoms with Gasteiger partial charge < -0.3 is 0 Å². The van der Waals surface area contributed by atoms with Crippen LogP contribution in [0.3, 0.4) is 0 Å². The number of carbonyl (C=O) groups excluding carboxylic acids is 1. The molecule has 0 bridgehead atoms. The molecule has 2 heterocycles. The largest absolute Gasteiger partial charge is 0.301 e. The maximum absolute atomic E-state index is 13.6. The summed E-state index contributed by atoms with van der Waals surface area (Å²) in [6, 6.07) is 29.1. The summed E-state index contributed by atoms with van der Waals surface area (Å²) < 4.78 is 31.6. The molecular formula is C35H31N3O4S2. The molecule has 0 spiro atoms. The highest BCUT2D eigenvalue weighted by Gasteiger charge is 2.27. The smallest absolute Gasteiger partial charge is 0.292 e. The highest BCUT2D eigenvalue weighted by Crippen LogP contribution is 2.43. The Labute approximate surface area is 259 Å². The maximum atomic E-state index is 13.6. The minimum atomic E-state index is -4.36. The molecule has 1 N–H and O–H groups in total. The molecule has 0 unspecified atom stereocenters. The summed E-state index contributed by atoms with van der Waals surface area (Å²) in [5.74, 6) is 0.765. The topological polar surface area (TPSA) is 98.1 Å². The second-order valence-corrected chi connectivity index (χ2v) is 13.4. The van der Waals surface area contributed by atoms with Crippen LogP contribution in [0.15, 0.2) is 102 Å². The Balaban J connectivity index is 1.36. The quantitative estimate of drug-likeness (QED) is 0.180. The average Bonchev–Trinajstić information content (AvgIpc) is 3.39. The zero-order valence-corrected chi connectivity index (χ0v) is 26.0. The second kappa shape index (κ2) is 12.2. The highest BCUT2D eigenvalue weighted by atomic mass is 32.2. The van der Waals surface area contributed by atoms with Gasteiger partial charge in [-0.25, -0.2) is 4.98 Å². The molecule has 0 aliphatic heterocycles. The monoisotopic (exact) mass is 621 g/mol. The number of hydrogen-bond donors (Lipinski definition) is 1. The van der Waals surface area contributed by atoms with Crippen molar-refractivity contribution in [3.05, 3.63) is 130 Å². The van der Waals surface area contributed by atoms with Crippen LogP contribution in [-0.2, 0) is 23.0 Å². The highest BCUT2D eigenvalue weighted by molar-refractivity contribution is 8.07. The van der Waals surface area contributed by atoms with Gasteiger partial charge in [0.1, 0.15) is 10.8 Å². The molecule has 0 fully saturated rings. The lowest BCUT2D eigenvalue weighted by molar-refractivity contribution is 0.107. The lowest BCUT2D eigenvalue weighted by Crippen LogP contribution is -2.26. The number of aryl methyl sites for hydroxylation is 2. The van der Waals surface area contributed by atoms with E-state index in [0.29, 0.717) is 34.4 Å². The van der Waals surface area contributed by atoms with E-state index in [2.05, 4.69) is 11.6 Å². The molecule has 0 saturated heterocycles.